The minimum atomic E-state index is 1.24. The fraction of sp³-hybridized carbons (Fsp3) is 0.545. The quantitative estimate of drug-likeness (QED) is 0.572. The van der Waals surface area contributed by atoms with Gasteiger partial charge in [0.2, 0.25) is 0 Å². The lowest BCUT2D eigenvalue weighted by molar-refractivity contribution is 0.872. The summed E-state index contributed by atoms with van der Waals surface area (Å²) in [6, 6.07) is 0. The molecule has 0 nitrogen and oxygen atoms in total. The Bertz CT molecular complexity index is 163. The molecule has 0 aromatic heterocycles. The van der Waals surface area contributed by atoms with Crippen molar-refractivity contribution in [1.82, 2.24) is 0 Å². The summed E-state index contributed by atoms with van der Waals surface area (Å²) in [5.41, 5.74) is 1.51. The van der Waals surface area contributed by atoms with Gasteiger partial charge in [0.25, 0.3) is 0 Å². The third-order valence-corrected chi connectivity index (χ3v) is 1.96. The van der Waals surface area contributed by atoms with Gasteiger partial charge in [-0.25, -0.2) is 0 Å². The van der Waals surface area contributed by atoms with Gasteiger partial charge in [-0.2, -0.15) is 0 Å². The zero-order chi connectivity index (χ0) is 8.10. The fourth-order valence-corrected chi connectivity index (χ4v) is 1.44. The number of hydrogen-bond acceptors (Lipinski definition) is 0. The van der Waals surface area contributed by atoms with E-state index in [-0.39, 0.29) is 0 Å². The van der Waals surface area contributed by atoms with Gasteiger partial charge in [0.1, 0.15) is 0 Å². The molecule has 1 aliphatic carbocycles. The summed E-state index contributed by atoms with van der Waals surface area (Å²) in [6.07, 6.45) is 11.9. The summed E-state index contributed by atoms with van der Waals surface area (Å²) >= 11 is 0. The largest absolute Gasteiger partial charge is 0.0731 e. The molecule has 0 saturated heterocycles. The maximum absolute atomic E-state index is 2.34. The monoisotopic (exact) mass is 149 g/mol. The van der Waals surface area contributed by atoms with Crippen molar-refractivity contribution in [3.8, 4) is 0 Å². The molecule has 1 rings (SSSR count). The Morgan fingerprint density at radius 1 is 1.00 bits per heavy atom. The molecule has 0 bridgehead atoms. The molecular weight excluding hydrogens is 132 g/mol. The highest BCUT2D eigenvalue weighted by atomic mass is 14.1. The maximum atomic E-state index is 2.34. The lowest BCUT2D eigenvalue weighted by Crippen LogP contribution is -1.83. The maximum Gasteiger partial charge on any atom is 0.0196 e. The van der Waals surface area contributed by atoms with E-state index < -0.39 is 0 Å². The number of rotatable bonds is 4. The minimum Gasteiger partial charge on any atom is -0.0731 e. The molecule has 61 valence electrons. The average Bonchev–Trinajstić information content (AvgIpc) is 2.38. The third-order valence-electron chi connectivity index (χ3n) is 1.96. The summed E-state index contributed by atoms with van der Waals surface area (Å²) in [5.74, 6) is 1.51. The molecule has 0 spiro atoms. The zero-order valence-corrected chi connectivity index (χ0v) is 7.56. The molecule has 0 heterocycles. The van der Waals surface area contributed by atoms with Crippen LogP contribution in [-0.2, 0) is 0 Å². The molecule has 0 aromatic rings. The summed E-state index contributed by atoms with van der Waals surface area (Å²) in [7, 11) is 0. The first kappa shape index (κ1) is 8.58. The standard InChI is InChI=1S/C11H17/c1-3-5-10-7-8-11(9-10)6-4-2/h7-9H,3-6H2,1-2H3. The van der Waals surface area contributed by atoms with Gasteiger partial charge >= 0.3 is 0 Å². The molecule has 0 N–H and O–H groups in total. The number of hydrogen-bond donors (Lipinski definition) is 0. The summed E-state index contributed by atoms with van der Waals surface area (Å²) < 4.78 is 0. The van der Waals surface area contributed by atoms with Crippen LogP contribution in [0.1, 0.15) is 39.5 Å². The molecule has 11 heavy (non-hydrogen) atoms. The van der Waals surface area contributed by atoms with Crippen LogP contribution in [-0.4, -0.2) is 0 Å². The molecule has 0 aromatic carbocycles. The molecule has 0 atom stereocenters. The topological polar surface area (TPSA) is 0 Å². The fourth-order valence-electron chi connectivity index (χ4n) is 1.44. The van der Waals surface area contributed by atoms with E-state index in [1.165, 1.54) is 37.2 Å². The van der Waals surface area contributed by atoms with Crippen molar-refractivity contribution in [2.24, 2.45) is 0 Å². The van der Waals surface area contributed by atoms with Gasteiger partial charge < -0.3 is 0 Å². The van der Waals surface area contributed by atoms with E-state index >= 15 is 0 Å². The Kier molecular flexibility index (Phi) is 3.41. The van der Waals surface area contributed by atoms with E-state index in [0.29, 0.717) is 0 Å². The lowest BCUT2D eigenvalue weighted by Gasteiger charge is -1.99. The van der Waals surface area contributed by atoms with Crippen LogP contribution < -0.4 is 0 Å². The molecule has 1 radical (unpaired) electrons. The number of allylic oxidation sites excluding steroid dienone is 4. The normalized spacial score (nSPS) is 17.5. The van der Waals surface area contributed by atoms with Crippen LogP contribution in [0.3, 0.4) is 0 Å². The average molecular weight is 149 g/mol. The molecule has 0 heteroatoms. The molecule has 0 unspecified atom stereocenters. The van der Waals surface area contributed by atoms with Gasteiger partial charge in [-0.15, -0.1) is 0 Å². The third kappa shape index (κ3) is 2.53. The zero-order valence-electron chi connectivity index (χ0n) is 7.56. The second-order valence-electron chi connectivity index (χ2n) is 3.13. The van der Waals surface area contributed by atoms with E-state index in [0.717, 1.165) is 0 Å². The second-order valence-corrected chi connectivity index (χ2v) is 3.13. The van der Waals surface area contributed by atoms with E-state index in [9.17, 15) is 0 Å². The molecule has 1 aliphatic rings. The summed E-state index contributed by atoms with van der Waals surface area (Å²) in [6.45, 7) is 4.46. The van der Waals surface area contributed by atoms with Crippen molar-refractivity contribution in [3.05, 3.63) is 29.7 Å². The van der Waals surface area contributed by atoms with Gasteiger partial charge in [-0.1, -0.05) is 50.5 Å². The predicted octanol–water partition coefficient (Wildman–Crippen LogP) is 3.66. The van der Waals surface area contributed by atoms with Crippen LogP contribution in [0.25, 0.3) is 0 Å². The van der Waals surface area contributed by atoms with Crippen molar-refractivity contribution in [3.63, 3.8) is 0 Å². The first-order chi connectivity index (χ1) is 5.36. The smallest absolute Gasteiger partial charge is 0.0196 e. The predicted molar refractivity (Wildman–Crippen MR) is 50.3 cm³/mol. The van der Waals surface area contributed by atoms with Gasteiger partial charge in [-0.3, -0.25) is 0 Å². The lowest BCUT2D eigenvalue weighted by atomic mass is 10.1. The van der Waals surface area contributed by atoms with Crippen LogP contribution >= 0.6 is 0 Å². The first-order valence-corrected chi connectivity index (χ1v) is 4.61. The highest BCUT2D eigenvalue weighted by Crippen LogP contribution is 2.24. The van der Waals surface area contributed by atoms with Gasteiger partial charge in [0.05, 0.1) is 0 Å². The Morgan fingerprint density at radius 2 is 1.73 bits per heavy atom. The van der Waals surface area contributed by atoms with E-state index in [1.807, 2.05) is 0 Å². The molecule has 0 fully saturated rings. The molecule has 0 amide bonds. The van der Waals surface area contributed by atoms with Crippen LogP contribution in [0.2, 0.25) is 0 Å². The van der Waals surface area contributed by atoms with Crippen LogP contribution in [0.5, 0.6) is 0 Å². The van der Waals surface area contributed by atoms with Crippen LogP contribution in [0.4, 0.5) is 0 Å². The first-order valence-electron chi connectivity index (χ1n) is 4.61. The van der Waals surface area contributed by atoms with E-state index in [2.05, 4.69) is 32.1 Å². The summed E-state index contributed by atoms with van der Waals surface area (Å²) in [5, 5.41) is 0. The van der Waals surface area contributed by atoms with Gasteiger partial charge in [0, 0.05) is 5.92 Å². The van der Waals surface area contributed by atoms with Crippen LogP contribution in [0, 0.1) is 5.92 Å². The Balaban J connectivity index is 2.36. The molecule has 0 aliphatic heterocycles. The summed E-state index contributed by atoms with van der Waals surface area (Å²) in [4.78, 5) is 0. The highest BCUT2D eigenvalue weighted by Gasteiger charge is 2.07. The van der Waals surface area contributed by atoms with Crippen molar-refractivity contribution in [1.29, 1.82) is 0 Å². The Labute approximate surface area is 70.0 Å². The van der Waals surface area contributed by atoms with Crippen LogP contribution in [0.15, 0.2) is 23.8 Å². The van der Waals surface area contributed by atoms with Crippen molar-refractivity contribution in [2.45, 2.75) is 39.5 Å². The van der Waals surface area contributed by atoms with Crippen molar-refractivity contribution >= 4 is 0 Å². The minimum absolute atomic E-state index is 1.24. The van der Waals surface area contributed by atoms with Gasteiger partial charge in [-0.05, 0) is 12.8 Å². The SMILES string of the molecule is CCC[C]1C=CC(CCC)=C1. The second kappa shape index (κ2) is 4.38. The van der Waals surface area contributed by atoms with Gasteiger partial charge in [0.15, 0.2) is 0 Å². The Morgan fingerprint density at radius 3 is 2.36 bits per heavy atom. The van der Waals surface area contributed by atoms with Crippen molar-refractivity contribution < 1.29 is 0 Å². The Hall–Kier alpha value is -0.520. The highest BCUT2D eigenvalue weighted by molar-refractivity contribution is 5.40. The molecule has 0 saturated carbocycles. The molecular formula is C11H17. The van der Waals surface area contributed by atoms with E-state index in [4.69, 9.17) is 0 Å². The van der Waals surface area contributed by atoms with E-state index in [1.54, 1.807) is 0 Å². The van der Waals surface area contributed by atoms with Crippen molar-refractivity contribution in [2.75, 3.05) is 0 Å².